The zero-order valence-electron chi connectivity index (χ0n) is 16.0. The van der Waals surface area contributed by atoms with E-state index in [0.717, 1.165) is 37.5 Å². The van der Waals surface area contributed by atoms with Gasteiger partial charge in [-0.2, -0.15) is 0 Å². The third kappa shape index (κ3) is 4.78. The van der Waals surface area contributed by atoms with E-state index >= 15 is 0 Å². The molecule has 0 spiro atoms. The smallest absolute Gasteiger partial charge is 0.168 e. The summed E-state index contributed by atoms with van der Waals surface area (Å²) in [6.45, 7) is 4.02. The Kier molecular flexibility index (Phi) is 5.85. The van der Waals surface area contributed by atoms with Crippen LogP contribution in [-0.4, -0.2) is 20.7 Å². The fourth-order valence-electron chi connectivity index (χ4n) is 3.00. The van der Waals surface area contributed by atoms with Gasteiger partial charge in [0.25, 0.3) is 0 Å². The van der Waals surface area contributed by atoms with Gasteiger partial charge in [0.15, 0.2) is 5.78 Å². The number of pyridine rings is 1. The molecule has 3 aromatic heterocycles. The molecule has 0 saturated carbocycles. The van der Waals surface area contributed by atoms with Crippen LogP contribution in [0.2, 0.25) is 5.02 Å². The molecule has 1 aromatic carbocycles. The number of carbonyl (C=O) groups excluding carboxylic acids is 1. The van der Waals surface area contributed by atoms with Gasteiger partial charge >= 0.3 is 0 Å². The van der Waals surface area contributed by atoms with Crippen LogP contribution in [0.25, 0.3) is 10.6 Å². The van der Waals surface area contributed by atoms with Crippen LogP contribution >= 0.6 is 34.3 Å². The summed E-state index contributed by atoms with van der Waals surface area (Å²) in [5.41, 5.74) is 4.44. The molecular formula is C22H18ClN3OS2. The topological polar surface area (TPSA) is 55.7 Å². The first kappa shape index (κ1) is 19.9. The third-order valence-corrected chi connectivity index (χ3v) is 6.64. The molecule has 3 heterocycles. The van der Waals surface area contributed by atoms with E-state index in [1.807, 2.05) is 38.1 Å². The molecule has 0 aliphatic rings. The Hall–Kier alpha value is -2.41. The zero-order valence-corrected chi connectivity index (χ0v) is 18.4. The molecule has 0 N–H and O–H groups in total. The lowest BCUT2D eigenvalue weighted by atomic mass is 10.0. The number of Topliss-reactive ketones (excluding diaryl/α,β-unsaturated/α-hetero) is 1. The van der Waals surface area contributed by atoms with Crippen molar-refractivity contribution in [3.05, 3.63) is 85.5 Å². The number of hydrogen-bond donors (Lipinski definition) is 0. The molecule has 0 aliphatic carbocycles. The Morgan fingerprint density at radius 3 is 2.52 bits per heavy atom. The van der Waals surface area contributed by atoms with Crippen molar-refractivity contribution >= 4 is 40.1 Å². The fraction of sp³-hybridized carbons (Fsp3) is 0.182. The maximum Gasteiger partial charge on any atom is 0.168 e. The van der Waals surface area contributed by atoms with Crippen LogP contribution < -0.4 is 0 Å². The second kappa shape index (κ2) is 8.53. The first-order valence-electron chi connectivity index (χ1n) is 9.09. The molecule has 0 fully saturated rings. The maximum absolute atomic E-state index is 12.5. The van der Waals surface area contributed by atoms with Crippen LogP contribution in [0.15, 0.2) is 48.0 Å². The van der Waals surface area contributed by atoms with Gasteiger partial charge in [0.05, 0.1) is 26.3 Å². The van der Waals surface area contributed by atoms with E-state index in [1.54, 1.807) is 41.0 Å². The van der Waals surface area contributed by atoms with Crippen LogP contribution in [0, 0.1) is 13.8 Å². The van der Waals surface area contributed by atoms with E-state index in [9.17, 15) is 4.79 Å². The molecule has 0 aliphatic heterocycles. The predicted octanol–water partition coefficient (Wildman–Crippen LogP) is 5.95. The molecule has 4 nitrogen and oxygen atoms in total. The lowest BCUT2D eigenvalue weighted by Crippen LogP contribution is -2.05. The normalized spacial score (nSPS) is 11.0. The minimum Gasteiger partial charge on any atom is -0.294 e. The van der Waals surface area contributed by atoms with E-state index in [0.29, 0.717) is 23.4 Å². The van der Waals surface area contributed by atoms with Gasteiger partial charge in [0.1, 0.15) is 0 Å². The molecule has 0 radical (unpaired) electrons. The van der Waals surface area contributed by atoms with Crippen LogP contribution in [-0.2, 0) is 12.8 Å². The molecule has 0 unspecified atom stereocenters. The molecule has 29 heavy (non-hydrogen) atoms. The summed E-state index contributed by atoms with van der Waals surface area (Å²) in [6, 6.07) is 11.1. The summed E-state index contributed by atoms with van der Waals surface area (Å²) in [4.78, 5) is 27.3. The van der Waals surface area contributed by atoms with Crippen molar-refractivity contribution < 1.29 is 4.79 Å². The van der Waals surface area contributed by atoms with Gasteiger partial charge in [-0.25, -0.2) is 9.97 Å². The highest BCUT2D eigenvalue weighted by molar-refractivity contribution is 7.16. The van der Waals surface area contributed by atoms with Gasteiger partial charge in [0.2, 0.25) is 0 Å². The van der Waals surface area contributed by atoms with Crippen LogP contribution in [0.1, 0.15) is 37.3 Å². The molecule has 0 saturated heterocycles. The minimum absolute atomic E-state index is 0.0407. The van der Waals surface area contributed by atoms with Crippen LogP contribution in [0.4, 0.5) is 0 Å². The van der Waals surface area contributed by atoms with E-state index in [2.05, 4.69) is 15.3 Å². The van der Waals surface area contributed by atoms with Gasteiger partial charge in [-0.15, -0.1) is 22.7 Å². The number of aromatic nitrogens is 3. The van der Waals surface area contributed by atoms with Gasteiger partial charge < -0.3 is 0 Å². The minimum atomic E-state index is 0.0407. The highest BCUT2D eigenvalue weighted by atomic mass is 35.5. The largest absolute Gasteiger partial charge is 0.294 e. The SMILES string of the molecule is Cc1nc(C)c(-c2csc(Cc3ccc(C(=O)Cc4ccc(Cl)cc4)cn3)n2)s1. The van der Waals surface area contributed by atoms with Crippen molar-refractivity contribution in [2.24, 2.45) is 0 Å². The maximum atomic E-state index is 12.5. The van der Waals surface area contributed by atoms with Crippen molar-refractivity contribution in [1.82, 2.24) is 15.0 Å². The van der Waals surface area contributed by atoms with Gasteiger partial charge in [0, 0.05) is 40.7 Å². The Morgan fingerprint density at radius 2 is 1.86 bits per heavy atom. The highest BCUT2D eigenvalue weighted by Crippen LogP contribution is 2.31. The Labute approximate surface area is 182 Å². The Balaban J connectivity index is 1.42. The molecule has 0 bridgehead atoms. The average molecular weight is 440 g/mol. The summed E-state index contributed by atoms with van der Waals surface area (Å²) in [6.07, 6.45) is 2.63. The number of benzene rings is 1. The average Bonchev–Trinajstić information content (AvgIpc) is 3.29. The quantitative estimate of drug-likeness (QED) is 0.348. The van der Waals surface area contributed by atoms with Crippen molar-refractivity contribution in [1.29, 1.82) is 0 Å². The van der Waals surface area contributed by atoms with Crippen molar-refractivity contribution in [2.75, 3.05) is 0 Å². The highest BCUT2D eigenvalue weighted by Gasteiger charge is 2.13. The lowest BCUT2D eigenvalue weighted by molar-refractivity contribution is 0.0992. The molecule has 0 amide bonds. The fourth-order valence-corrected chi connectivity index (χ4v) is 4.89. The molecule has 4 rings (SSSR count). The predicted molar refractivity (Wildman–Crippen MR) is 119 cm³/mol. The van der Waals surface area contributed by atoms with Crippen molar-refractivity contribution in [3.63, 3.8) is 0 Å². The zero-order chi connectivity index (χ0) is 20.4. The van der Waals surface area contributed by atoms with Gasteiger partial charge in [-0.3, -0.25) is 9.78 Å². The molecular weight excluding hydrogens is 422 g/mol. The second-order valence-corrected chi connectivity index (χ2v) is 9.30. The van der Waals surface area contributed by atoms with E-state index in [4.69, 9.17) is 16.6 Å². The Morgan fingerprint density at radius 1 is 1.07 bits per heavy atom. The number of aryl methyl sites for hydroxylation is 2. The number of nitrogens with zero attached hydrogens (tertiary/aromatic N) is 3. The standard InChI is InChI=1S/C22H18ClN3OS2/c1-13-22(29-14(2)25-13)19-12-28-21(26-19)10-18-8-5-16(11-24-18)20(27)9-15-3-6-17(23)7-4-15/h3-8,11-12H,9-10H2,1-2H3. The van der Waals surface area contributed by atoms with E-state index in [-0.39, 0.29) is 5.78 Å². The number of thiazole rings is 2. The second-order valence-electron chi connectivity index (χ2n) is 6.72. The van der Waals surface area contributed by atoms with Gasteiger partial charge in [-0.05, 0) is 43.7 Å². The third-order valence-electron chi connectivity index (χ3n) is 4.44. The monoisotopic (exact) mass is 439 g/mol. The summed E-state index contributed by atoms with van der Waals surface area (Å²) in [7, 11) is 0. The first-order chi connectivity index (χ1) is 14.0. The summed E-state index contributed by atoms with van der Waals surface area (Å²) >= 11 is 9.18. The molecule has 7 heteroatoms. The van der Waals surface area contributed by atoms with Crippen molar-refractivity contribution in [2.45, 2.75) is 26.7 Å². The molecule has 0 atom stereocenters. The lowest BCUT2D eigenvalue weighted by Gasteiger charge is -2.03. The van der Waals surface area contributed by atoms with Gasteiger partial charge in [-0.1, -0.05) is 23.7 Å². The number of carbonyl (C=O) groups is 1. The number of hydrogen-bond acceptors (Lipinski definition) is 6. The van der Waals surface area contributed by atoms with Crippen molar-refractivity contribution in [3.8, 4) is 10.6 Å². The molecule has 4 aromatic rings. The molecule has 146 valence electrons. The van der Waals surface area contributed by atoms with Crippen LogP contribution in [0.5, 0.6) is 0 Å². The van der Waals surface area contributed by atoms with E-state index in [1.165, 1.54) is 0 Å². The summed E-state index contributed by atoms with van der Waals surface area (Å²) in [5.74, 6) is 0.0407. The summed E-state index contributed by atoms with van der Waals surface area (Å²) in [5, 5.41) is 4.78. The number of ketones is 1. The van der Waals surface area contributed by atoms with Crippen LogP contribution in [0.3, 0.4) is 0 Å². The number of halogens is 1. The Bertz CT molecular complexity index is 1150. The van der Waals surface area contributed by atoms with E-state index < -0.39 is 0 Å². The number of rotatable bonds is 6. The first-order valence-corrected chi connectivity index (χ1v) is 11.2. The summed E-state index contributed by atoms with van der Waals surface area (Å²) < 4.78 is 0.